The van der Waals surface area contributed by atoms with E-state index in [1.165, 1.54) is 4.68 Å². The highest BCUT2D eigenvalue weighted by atomic mass is 35.5. The van der Waals surface area contributed by atoms with Crippen molar-refractivity contribution in [3.63, 3.8) is 0 Å². The monoisotopic (exact) mass is 373 g/mol. The molecule has 1 aromatic heterocycles. The van der Waals surface area contributed by atoms with Gasteiger partial charge in [0, 0.05) is 23.5 Å². The van der Waals surface area contributed by atoms with Crippen LogP contribution in [0.1, 0.15) is 29.8 Å². The lowest BCUT2D eigenvalue weighted by atomic mass is 9.95. The molecule has 3 rings (SSSR count). The largest absolute Gasteiger partial charge is 0.435 e. The van der Waals surface area contributed by atoms with Crippen LogP contribution < -0.4 is 5.32 Å². The molecule has 0 saturated heterocycles. The molecular formula is C17H19ClF3N3O. The van der Waals surface area contributed by atoms with E-state index in [4.69, 9.17) is 11.6 Å². The Morgan fingerprint density at radius 2 is 1.88 bits per heavy atom. The molecule has 0 radical (unpaired) electrons. The van der Waals surface area contributed by atoms with Crippen molar-refractivity contribution in [2.45, 2.75) is 38.0 Å². The molecule has 0 fully saturated rings. The van der Waals surface area contributed by atoms with Crippen molar-refractivity contribution in [1.29, 1.82) is 0 Å². The van der Waals surface area contributed by atoms with Gasteiger partial charge in [0.2, 0.25) is 0 Å². The Labute approximate surface area is 148 Å². The lowest BCUT2D eigenvalue weighted by molar-refractivity contribution is -0.142. The first-order chi connectivity index (χ1) is 11.9. The zero-order valence-corrected chi connectivity index (χ0v) is 14.2. The lowest BCUT2D eigenvalue weighted by Gasteiger charge is -2.15. The molecule has 1 aliphatic rings. The number of fused-ring (bicyclic) bond motifs is 1. The second kappa shape index (κ2) is 7.25. The Bertz CT molecular complexity index is 728. The Hall–Kier alpha value is -1.73. The van der Waals surface area contributed by atoms with Gasteiger partial charge in [-0.05, 0) is 49.9 Å². The molecule has 0 saturated carbocycles. The van der Waals surface area contributed by atoms with E-state index in [2.05, 4.69) is 10.4 Å². The Morgan fingerprint density at radius 3 is 2.52 bits per heavy atom. The molecule has 0 amide bonds. The van der Waals surface area contributed by atoms with E-state index in [0.717, 1.165) is 18.5 Å². The number of nitrogens with one attached hydrogen (secondary N) is 1. The van der Waals surface area contributed by atoms with E-state index >= 15 is 0 Å². The Morgan fingerprint density at radius 1 is 1.20 bits per heavy atom. The molecule has 0 bridgehead atoms. The summed E-state index contributed by atoms with van der Waals surface area (Å²) in [6.07, 6.45) is -2.46. The number of benzene rings is 1. The maximum atomic E-state index is 13.3. The van der Waals surface area contributed by atoms with Gasteiger partial charge < -0.3 is 10.4 Å². The van der Waals surface area contributed by atoms with Crippen LogP contribution in [0, 0.1) is 0 Å². The Balaban J connectivity index is 1.88. The molecular weight excluding hydrogens is 355 g/mol. The second-order valence-electron chi connectivity index (χ2n) is 6.13. The van der Waals surface area contributed by atoms with Crippen molar-refractivity contribution in [3.8, 4) is 5.69 Å². The fraction of sp³-hybridized carbons (Fsp3) is 0.471. The smallest absolute Gasteiger partial charge is 0.390 e. The fourth-order valence-corrected chi connectivity index (χ4v) is 3.16. The molecule has 8 heteroatoms. The van der Waals surface area contributed by atoms with Crippen LogP contribution in [0.15, 0.2) is 24.3 Å². The number of hydrogen-bond acceptors (Lipinski definition) is 3. The molecule has 2 aromatic rings. The molecule has 2 N–H and O–H groups in total. The summed E-state index contributed by atoms with van der Waals surface area (Å²) < 4.78 is 41.2. The maximum Gasteiger partial charge on any atom is 0.435 e. The van der Waals surface area contributed by atoms with Gasteiger partial charge in [-0.2, -0.15) is 18.3 Å². The molecule has 136 valence electrons. The third kappa shape index (κ3) is 3.93. The minimum atomic E-state index is -4.44. The van der Waals surface area contributed by atoms with Gasteiger partial charge in [-0.1, -0.05) is 0 Å². The quantitative estimate of drug-likeness (QED) is 0.784. The average molecular weight is 374 g/mol. The van der Waals surface area contributed by atoms with E-state index in [9.17, 15) is 18.3 Å². The number of aliphatic hydroxyl groups excluding tert-OH is 1. The molecule has 0 aliphatic heterocycles. The van der Waals surface area contributed by atoms with Gasteiger partial charge in [0.1, 0.15) is 0 Å². The van der Waals surface area contributed by atoms with Crippen molar-refractivity contribution >= 4 is 17.3 Å². The summed E-state index contributed by atoms with van der Waals surface area (Å²) in [6.45, 7) is 0.304. The van der Waals surface area contributed by atoms with Crippen LogP contribution in [-0.2, 0) is 19.0 Å². The third-order valence-corrected chi connectivity index (χ3v) is 4.64. The maximum absolute atomic E-state index is 13.3. The number of aromatic nitrogens is 2. The van der Waals surface area contributed by atoms with E-state index in [1.807, 2.05) is 0 Å². The van der Waals surface area contributed by atoms with Crippen LogP contribution in [0.25, 0.3) is 5.69 Å². The fourth-order valence-electron chi connectivity index (χ4n) is 3.05. The number of halogens is 4. The summed E-state index contributed by atoms with van der Waals surface area (Å²) in [5, 5.41) is 16.3. The first kappa shape index (κ1) is 18.1. The topological polar surface area (TPSA) is 50.1 Å². The minimum absolute atomic E-state index is 0.130. The number of hydrogen-bond donors (Lipinski definition) is 2. The molecule has 1 atom stereocenters. The number of aliphatic hydroxyl groups is 1. The van der Waals surface area contributed by atoms with Gasteiger partial charge in [0.15, 0.2) is 5.69 Å². The summed E-state index contributed by atoms with van der Waals surface area (Å²) in [5.41, 5.74) is 1.56. The summed E-state index contributed by atoms with van der Waals surface area (Å²) in [5.74, 6) is 0.130. The highest BCUT2D eigenvalue weighted by Crippen LogP contribution is 2.36. The molecule has 1 aromatic carbocycles. The van der Waals surface area contributed by atoms with Gasteiger partial charge in [-0.3, -0.25) is 0 Å². The normalized spacial score (nSPS) is 15.7. The zero-order chi connectivity index (χ0) is 18.0. The number of alkyl halides is 4. The summed E-state index contributed by atoms with van der Waals surface area (Å²) >= 11 is 5.54. The van der Waals surface area contributed by atoms with E-state index in [-0.39, 0.29) is 5.88 Å². The standard InChI is InChI=1S/C17H19ClF3N3O/c18-9-13(25)10-22-11-5-7-12(8-6-11)24-15-4-2-1-3-14(15)16(23-24)17(19,20)21/h5-8,13,22,25H,1-4,9-10H2. The van der Waals surface area contributed by atoms with Crippen molar-refractivity contribution in [2.75, 3.05) is 17.7 Å². The number of anilines is 1. The van der Waals surface area contributed by atoms with Crippen LogP contribution in [-0.4, -0.2) is 33.4 Å². The van der Waals surface area contributed by atoms with Crippen LogP contribution in [0.3, 0.4) is 0 Å². The van der Waals surface area contributed by atoms with Crippen molar-refractivity contribution < 1.29 is 18.3 Å². The van der Waals surface area contributed by atoms with Crippen LogP contribution in [0.4, 0.5) is 18.9 Å². The van der Waals surface area contributed by atoms with Gasteiger partial charge in [-0.25, -0.2) is 4.68 Å². The lowest BCUT2D eigenvalue weighted by Crippen LogP contribution is -2.20. The summed E-state index contributed by atoms with van der Waals surface area (Å²) in [7, 11) is 0. The molecule has 1 unspecified atom stereocenters. The van der Waals surface area contributed by atoms with Gasteiger partial charge in [0.25, 0.3) is 0 Å². The predicted octanol–water partition coefficient (Wildman–Crippen LogP) is 3.78. The minimum Gasteiger partial charge on any atom is -0.390 e. The van der Waals surface area contributed by atoms with Crippen LogP contribution in [0.5, 0.6) is 0 Å². The summed E-state index contributed by atoms with van der Waals surface area (Å²) in [4.78, 5) is 0. The molecule has 1 heterocycles. The van der Waals surface area contributed by atoms with Gasteiger partial charge in [-0.15, -0.1) is 11.6 Å². The second-order valence-corrected chi connectivity index (χ2v) is 6.44. The molecule has 0 spiro atoms. The number of rotatable bonds is 5. The van der Waals surface area contributed by atoms with E-state index in [1.54, 1.807) is 24.3 Å². The van der Waals surface area contributed by atoms with Crippen molar-refractivity contribution in [3.05, 3.63) is 41.2 Å². The van der Waals surface area contributed by atoms with Gasteiger partial charge >= 0.3 is 6.18 Å². The van der Waals surface area contributed by atoms with Crippen LogP contribution in [0.2, 0.25) is 0 Å². The predicted molar refractivity (Wildman–Crippen MR) is 90.4 cm³/mol. The SMILES string of the molecule is OC(CCl)CNc1ccc(-n2nc(C(F)(F)F)c3c2CCCC3)cc1. The average Bonchev–Trinajstić information content (AvgIpc) is 3.00. The highest BCUT2D eigenvalue weighted by molar-refractivity contribution is 6.18. The molecule has 1 aliphatic carbocycles. The molecule has 4 nitrogen and oxygen atoms in total. The van der Waals surface area contributed by atoms with E-state index in [0.29, 0.717) is 36.3 Å². The van der Waals surface area contributed by atoms with Crippen LogP contribution >= 0.6 is 11.6 Å². The van der Waals surface area contributed by atoms with E-state index < -0.39 is 18.0 Å². The van der Waals surface area contributed by atoms with Crippen molar-refractivity contribution in [2.24, 2.45) is 0 Å². The molecule has 25 heavy (non-hydrogen) atoms. The first-order valence-electron chi connectivity index (χ1n) is 8.16. The third-order valence-electron chi connectivity index (χ3n) is 4.28. The summed E-state index contributed by atoms with van der Waals surface area (Å²) in [6, 6.07) is 6.94. The zero-order valence-electron chi connectivity index (χ0n) is 13.5. The highest BCUT2D eigenvalue weighted by Gasteiger charge is 2.39. The van der Waals surface area contributed by atoms with Gasteiger partial charge in [0.05, 0.1) is 17.7 Å². The van der Waals surface area contributed by atoms with Crippen molar-refractivity contribution in [1.82, 2.24) is 9.78 Å². The first-order valence-corrected chi connectivity index (χ1v) is 8.70. The number of nitrogens with zero attached hydrogens (tertiary/aromatic N) is 2. The Kier molecular flexibility index (Phi) is 5.24.